The number of aromatic nitrogens is 5. The Morgan fingerprint density at radius 1 is 0.977 bits per heavy atom. The van der Waals surface area contributed by atoms with Crippen LogP contribution in [0, 0.1) is 5.92 Å². The monoisotopic (exact) mass is 597 g/mol. The summed E-state index contributed by atoms with van der Waals surface area (Å²) in [6, 6.07) is 13.9. The molecule has 4 atom stereocenters. The number of imidazole rings is 1. The first-order chi connectivity index (χ1) is 21.3. The van der Waals surface area contributed by atoms with Gasteiger partial charge in [0, 0.05) is 19.4 Å². The molecular weight excluding hydrogens is 562 g/mol. The number of benzene rings is 2. The fourth-order valence-corrected chi connectivity index (χ4v) is 5.88. The molecule has 0 unspecified atom stereocenters. The Morgan fingerprint density at radius 3 is 2.55 bits per heavy atom. The third-order valence-corrected chi connectivity index (χ3v) is 8.27. The summed E-state index contributed by atoms with van der Waals surface area (Å²) in [4.78, 5) is 60.5. The standard InChI is InChI=1S/C31H35N9O4/c1-19(2)28-31(44)34-24(12-20-8-4-3-5-9-20)29(42)32-14-21-15-40(37-36-21)22-13-26(30(43)35-28)39(16-22)27(41)17-38-18-33-23-10-6-7-11-25(23)38/h3-11,15,18-19,22,24,26,28H,12-14,16-17H2,1-2H3,(H,32,42)(H,34,44)(H,35,43)/t22-,24+,26-,28-/m0/s1. The summed E-state index contributed by atoms with van der Waals surface area (Å²) in [5.41, 5.74) is 2.98. The molecule has 2 aromatic heterocycles. The van der Waals surface area contributed by atoms with Gasteiger partial charge in [0.15, 0.2) is 0 Å². The van der Waals surface area contributed by atoms with Crippen LogP contribution in [0.15, 0.2) is 67.1 Å². The van der Waals surface area contributed by atoms with Crippen LogP contribution in [-0.2, 0) is 38.7 Å². The predicted octanol–water partition coefficient (Wildman–Crippen LogP) is 0.968. The summed E-state index contributed by atoms with van der Waals surface area (Å²) >= 11 is 0. The van der Waals surface area contributed by atoms with Crippen molar-refractivity contribution in [3.63, 3.8) is 0 Å². The van der Waals surface area contributed by atoms with Gasteiger partial charge in [0.25, 0.3) is 0 Å². The molecule has 0 spiro atoms. The summed E-state index contributed by atoms with van der Waals surface area (Å²) in [5, 5.41) is 17.1. The Balaban J connectivity index is 1.29. The number of hydrogen-bond acceptors (Lipinski definition) is 7. The molecule has 0 radical (unpaired) electrons. The maximum Gasteiger partial charge on any atom is 0.243 e. The number of likely N-dealkylation sites (tertiary alicyclic amines) is 1. The molecule has 2 aromatic carbocycles. The number of nitrogens with zero attached hydrogens (tertiary/aromatic N) is 6. The molecule has 4 aromatic rings. The molecule has 6 rings (SSSR count). The van der Waals surface area contributed by atoms with Gasteiger partial charge in [0.2, 0.25) is 23.6 Å². The van der Waals surface area contributed by atoms with E-state index in [-0.39, 0.29) is 49.8 Å². The van der Waals surface area contributed by atoms with Crippen LogP contribution in [-0.4, -0.2) is 77.7 Å². The minimum Gasteiger partial charge on any atom is -0.349 e. The number of carbonyl (C=O) groups excluding carboxylic acids is 4. The highest BCUT2D eigenvalue weighted by Gasteiger charge is 2.42. The van der Waals surface area contributed by atoms with Crippen molar-refractivity contribution in [2.75, 3.05) is 6.54 Å². The van der Waals surface area contributed by atoms with E-state index >= 15 is 0 Å². The Morgan fingerprint density at radius 2 is 1.75 bits per heavy atom. The lowest BCUT2D eigenvalue weighted by Gasteiger charge is -2.29. The predicted molar refractivity (Wildman–Crippen MR) is 160 cm³/mol. The normalized spacial score (nSPS) is 22.7. The average Bonchev–Trinajstić information content (AvgIpc) is 3.77. The van der Waals surface area contributed by atoms with Crippen molar-refractivity contribution < 1.29 is 19.2 Å². The van der Waals surface area contributed by atoms with Gasteiger partial charge < -0.3 is 25.4 Å². The molecule has 0 saturated carbocycles. The van der Waals surface area contributed by atoms with Crippen molar-refractivity contribution in [1.29, 1.82) is 0 Å². The second kappa shape index (κ2) is 12.3. The lowest BCUT2D eigenvalue weighted by molar-refractivity contribution is -0.140. The lowest BCUT2D eigenvalue weighted by Crippen LogP contribution is -2.58. The first kappa shape index (κ1) is 29.0. The van der Waals surface area contributed by atoms with E-state index < -0.39 is 29.9 Å². The first-order valence-electron chi connectivity index (χ1n) is 14.8. The third kappa shape index (κ3) is 6.03. The Hall–Kier alpha value is -5.07. The molecule has 13 nitrogen and oxygen atoms in total. The summed E-state index contributed by atoms with van der Waals surface area (Å²) in [7, 11) is 0. The van der Waals surface area contributed by atoms with E-state index in [2.05, 4.69) is 31.2 Å². The van der Waals surface area contributed by atoms with Gasteiger partial charge in [-0.25, -0.2) is 9.67 Å². The first-order valence-corrected chi connectivity index (χ1v) is 14.8. The number of hydrogen-bond donors (Lipinski definition) is 3. The Labute approximate surface area is 254 Å². The third-order valence-electron chi connectivity index (χ3n) is 8.27. The largest absolute Gasteiger partial charge is 0.349 e. The van der Waals surface area contributed by atoms with Gasteiger partial charge in [-0.3, -0.25) is 19.2 Å². The quantitative estimate of drug-likeness (QED) is 0.310. The van der Waals surface area contributed by atoms with Crippen LogP contribution in [0.1, 0.15) is 37.6 Å². The summed E-state index contributed by atoms with van der Waals surface area (Å²) < 4.78 is 3.41. The maximum atomic E-state index is 13.9. The van der Waals surface area contributed by atoms with Gasteiger partial charge in [-0.2, -0.15) is 0 Å². The van der Waals surface area contributed by atoms with Gasteiger partial charge in [-0.15, -0.1) is 5.10 Å². The van der Waals surface area contributed by atoms with Crippen molar-refractivity contribution in [1.82, 2.24) is 45.4 Å². The molecule has 13 heteroatoms. The molecular formula is C31H35N9O4. The maximum absolute atomic E-state index is 13.9. The molecule has 44 heavy (non-hydrogen) atoms. The minimum absolute atomic E-state index is 0.000906. The molecule has 4 amide bonds. The van der Waals surface area contributed by atoms with Crippen LogP contribution in [0.2, 0.25) is 0 Å². The fraction of sp³-hybridized carbons (Fsp3) is 0.387. The zero-order valence-electron chi connectivity index (χ0n) is 24.6. The van der Waals surface area contributed by atoms with Crippen LogP contribution in [0.3, 0.4) is 0 Å². The molecule has 2 aliphatic heterocycles. The summed E-state index contributed by atoms with van der Waals surface area (Å²) in [5.74, 6) is -1.82. The van der Waals surface area contributed by atoms with Crippen molar-refractivity contribution in [2.24, 2.45) is 5.92 Å². The smallest absolute Gasteiger partial charge is 0.243 e. The number of para-hydroxylation sites is 2. The van der Waals surface area contributed by atoms with Crippen molar-refractivity contribution in [3.05, 3.63) is 78.4 Å². The van der Waals surface area contributed by atoms with Gasteiger partial charge in [-0.05, 0) is 23.6 Å². The molecule has 1 fully saturated rings. The molecule has 4 bridgehead atoms. The van der Waals surface area contributed by atoms with Crippen LogP contribution in [0.25, 0.3) is 11.0 Å². The van der Waals surface area contributed by atoms with E-state index in [0.29, 0.717) is 12.1 Å². The van der Waals surface area contributed by atoms with Gasteiger partial charge in [0.05, 0.1) is 36.1 Å². The average molecular weight is 598 g/mol. The Bertz CT molecular complexity index is 1680. The van der Waals surface area contributed by atoms with Gasteiger partial charge in [-0.1, -0.05) is 61.5 Å². The molecule has 0 aliphatic carbocycles. The second-order valence-electron chi connectivity index (χ2n) is 11.7. The second-order valence-corrected chi connectivity index (χ2v) is 11.7. The molecule has 2 aliphatic rings. The minimum atomic E-state index is -0.926. The van der Waals surface area contributed by atoms with Gasteiger partial charge in [0.1, 0.15) is 30.4 Å². The zero-order chi connectivity index (χ0) is 30.8. The zero-order valence-corrected chi connectivity index (χ0v) is 24.6. The molecule has 1 saturated heterocycles. The van der Waals surface area contributed by atoms with E-state index in [1.807, 2.05) is 68.4 Å². The molecule has 3 N–H and O–H groups in total. The highest BCUT2D eigenvalue weighted by atomic mass is 16.2. The van der Waals surface area contributed by atoms with Crippen LogP contribution in [0.5, 0.6) is 0 Å². The SMILES string of the molecule is CC(C)[C@@H]1NC(=O)[C@@H]2C[C@@H](CN2C(=O)Cn2cnc3ccccc32)n2cc(nn2)CNC(=O)[C@@H](Cc2ccccc2)NC1=O. The van der Waals surface area contributed by atoms with E-state index in [0.717, 1.165) is 16.6 Å². The van der Waals surface area contributed by atoms with Crippen molar-refractivity contribution >= 4 is 34.7 Å². The van der Waals surface area contributed by atoms with Crippen molar-refractivity contribution in [2.45, 2.75) is 63.9 Å². The molecule has 228 valence electrons. The van der Waals surface area contributed by atoms with Crippen LogP contribution < -0.4 is 16.0 Å². The summed E-state index contributed by atoms with van der Waals surface area (Å²) in [6.07, 6.45) is 3.89. The number of amides is 4. The lowest BCUT2D eigenvalue weighted by atomic mass is 10.00. The van der Waals surface area contributed by atoms with E-state index in [1.54, 1.807) is 26.7 Å². The van der Waals surface area contributed by atoms with Crippen LogP contribution >= 0.6 is 0 Å². The number of nitrogens with one attached hydrogen (secondary N) is 3. The fourth-order valence-electron chi connectivity index (χ4n) is 5.88. The topological polar surface area (TPSA) is 156 Å². The highest BCUT2D eigenvalue weighted by Crippen LogP contribution is 2.28. The molecule has 4 heterocycles. The van der Waals surface area contributed by atoms with Crippen molar-refractivity contribution in [3.8, 4) is 0 Å². The van der Waals surface area contributed by atoms with E-state index in [9.17, 15) is 19.2 Å². The number of carbonyl (C=O) groups is 4. The number of fused-ring (bicyclic) bond motifs is 6. The van der Waals surface area contributed by atoms with Crippen LogP contribution in [0.4, 0.5) is 0 Å². The van der Waals surface area contributed by atoms with E-state index in [1.165, 1.54) is 0 Å². The summed E-state index contributed by atoms with van der Waals surface area (Å²) in [6.45, 7) is 3.99. The number of rotatable bonds is 5. The van der Waals surface area contributed by atoms with Gasteiger partial charge >= 0.3 is 0 Å². The van der Waals surface area contributed by atoms with E-state index in [4.69, 9.17) is 0 Å². The highest BCUT2D eigenvalue weighted by molar-refractivity contribution is 5.95. The Kier molecular flexibility index (Phi) is 8.09.